The minimum absolute atomic E-state index is 0.243. The van der Waals surface area contributed by atoms with Crippen molar-refractivity contribution in [1.29, 1.82) is 0 Å². The monoisotopic (exact) mass is 389 g/mol. The molecule has 2 aromatic carbocycles. The van der Waals surface area contributed by atoms with Gasteiger partial charge >= 0.3 is 0 Å². The Bertz CT molecular complexity index is 1120. The van der Waals surface area contributed by atoms with E-state index in [2.05, 4.69) is 15.4 Å². The minimum atomic E-state index is -0.388. The molecule has 4 rings (SSSR count). The maximum Gasteiger partial charge on any atom is 0.255 e. The van der Waals surface area contributed by atoms with Crippen molar-refractivity contribution in [2.75, 3.05) is 0 Å². The number of benzene rings is 2. The van der Waals surface area contributed by atoms with Gasteiger partial charge in [-0.3, -0.25) is 4.79 Å². The minimum Gasteiger partial charge on any atom is -0.348 e. The number of rotatable bonds is 6. The van der Waals surface area contributed by atoms with Crippen LogP contribution in [0.1, 0.15) is 27.2 Å². The number of nitrogens with zero attached hydrogens (tertiary/aromatic N) is 4. The van der Waals surface area contributed by atoms with E-state index in [0.29, 0.717) is 23.5 Å². The number of carbonyl (C=O) groups excluding carboxylic acids is 1. The van der Waals surface area contributed by atoms with Crippen molar-refractivity contribution >= 4 is 5.91 Å². The Kier molecular flexibility index (Phi) is 5.20. The van der Waals surface area contributed by atoms with Crippen molar-refractivity contribution in [3.63, 3.8) is 0 Å². The van der Waals surface area contributed by atoms with Gasteiger partial charge in [0.25, 0.3) is 5.91 Å². The number of para-hydroxylation sites is 1. The molecule has 2 heterocycles. The number of amides is 1. The van der Waals surface area contributed by atoms with Crippen LogP contribution >= 0.6 is 0 Å². The second-order valence-corrected chi connectivity index (χ2v) is 6.74. The third-order valence-electron chi connectivity index (χ3n) is 4.74. The topological polar surface area (TPSA) is 64.7 Å². The lowest BCUT2D eigenvalue weighted by Crippen LogP contribution is -2.23. The van der Waals surface area contributed by atoms with Crippen LogP contribution in [0, 0.1) is 12.7 Å². The van der Waals surface area contributed by atoms with Crippen LogP contribution in [-0.2, 0) is 13.1 Å². The number of carbonyl (C=O) groups is 1. The number of nitrogens with one attached hydrogen (secondary N) is 1. The predicted octanol–water partition coefficient (Wildman–Crippen LogP) is 3.49. The largest absolute Gasteiger partial charge is 0.348 e. The fraction of sp³-hybridized carbons (Fsp3) is 0.136. The molecule has 146 valence electrons. The van der Waals surface area contributed by atoms with E-state index in [4.69, 9.17) is 0 Å². The molecular weight excluding hydrogens is 369 g/mol. The zero-order valence-electron chi connectivity index (χ0n) is 15.9. The van der Waals surface area contributed by atoms with Crippen LogP contribution in [0.3, 0.4) is 0 Å². The molecule has 4 aromatic rings. The van der Waals surface area contributed by atoms with E-state index in [0.717, 1.165) is 17.7 Å². The molecule has 0 spiro atoms. The Hall–Kier alpha value is -3.74. The fourth-order valence-corrected chi connectivity index (χ4v) is 3.13. The quantitative estimate of drug-likeness (QED) is 0.549. The van der Waals surface area contributed by atoms with Gasteiger partial charge in [-0.25, -0.2) is 14.1 Å². The highest BCUT2D eigenvalue weighted by atomic mass is 19.1. The van der Waals surface area contributed by atoms with E-state index in [1.165, 1.54) is 16.9 Å². The molecule has 0 atom stereocenters. The van der Waals surface area contributed by atoms with E-state index in [1.807, 2.05) is 35.0 Å². The van der Waals surface area contributed by atoms with Crippen molar-refractivity contribution in [3.05, 3.63) is 102 Å². The number of hydrogen-bond acceptors (Lipinski definition) is 3. The average molecular weight is 389 g/mol. The summed E-state index contributed by atoms with van der Waals surface area (Å²) < 4.78 is 17.5. The predicted molar refractivity (Wildman–Crippen MR) is 107 cm³/mol. The van der Waals surface area contributed by atoms with Gasteiger partial charge in [0, 0.05) is 25.5 Å². The van der Waals surface area contributed by atoms with Crippen molar-refractivity contribution in [1.82, 2.24) is 24.6 Å². The highest BCUT2D eigenvalue weighted by molar-refractivity contribution is 5.95. The summed E-state index contributed by atoms with van der Waals surface area (Å²) in [6, 6.07) is 14.4. The molecule has 1 N–H and O–H groups in total. The van der Waals surface area contributed by atoms with Gasteiger partial charge in [-0.15, -0.1) is 0 Å². The third kappa shape index (κ3) is 4.08. The molecule has 1 amide bonds. The van der Waals surface area contributed by atoms with E-state index < -0.39 is 0 Å². The lowest BCUT2D eigenvalue weighted by Gasteiger charge is -2.08. The molecule has 0 aliphatic heterocycles. The van der Waals surface area contributed by atoms with E-state index in [-0.39, 0.29) is 11.7 Å². The van der Waals surface area contributed by atoms with Crippen LogP contribution in [0.25, 0.3) is 5.69 Å². The highest BCUT2D eigenvalue weighted by Gasteiger charge is 2.16. The molecule has 0 saturated carbocycles. The molecule has 6 nitrogen and oxygen atoms in total. The number of aromatic nitrogens is 4. The van der Waals surface area contributed by atoms with Crippen molar-refractivity contribution in [2.45, 2.75) is 20.0 Å². The molecule has 0 saturated heterocycles. The SMILES string of the molecule is Cc1c(C(=O)NCc2ccc(Cn3ccnc3)cc2)cnn1-c1ccccc1F. The highest BCUT2D eigenvalue weighted by Crippen LogP contribution is 2.17. The molecule has 2 aromatic heterocycles. The normalized spacial score (nSPS) is 10.8. The van der Waals surface area contributed by atoms with Crippen LogP contribution in [0.2, 0.25) is 0 Å². The molecule has 7 heteroatoms. The van der Waals surface area contributed by atoms with Gasteiger partial charge in [-0.1, -0.05) is 36.4 Å². The summed E-state index contributed by atoms with van der Waals surface area (Å²) in [5.74, 6) is -0.631. The Morgan fingerprint density at radius 2 is 1.86 bits per heavy atom. The maximum absolute atomic E-state index is 14.0. The first-order chi connectivity index (χ1) is 14.1. The van der Waals surface area contributed by atoms with E-state index >= 15 is 0 Å². The molecule has 0 aliphatic rings. The van der Waals surface area contributed by atoms with Gasteiger partial charge in [-0.05, 0) is 30.2 Å². The second-order valence-electron chi connectivity index (χ2n) is 6.74. The third-order valence-corrected chi connectivity index (χ3v) is 4.74. The van der Waals surface area contributed by atoms with Gasteiger partial charge in [0.2, 0.25) is 0 Å². The smallest absolute Gasteiger partial charge is 0.255 e. The van der Waals surface area contributed by atoms with Gasteiger partial charge in [0.1, 0.15) is 11.5 Å². The summed E-state index contributed by atoms with van der Waals surface area (Å²) in [5.41, 5.74) is 3.47. The summed E-state index contributed by atoms with van der Waals surface area (Å²) in [5, 5.41) is 7.08. The molecule has 0 bridgehead atoms. The first kappa shape index (κ1) is 18.6. The van der Waals surface area contributed by atoms with Crippen LogP contribution < -0.4 is 5.32 Å². The number of imidazole rings is 1. The molecular formula is C22H20FN5O. The lowest BCUT2D eigenvalue weighted by molar-refractivity contribution is 0.0950. The summed E-state index contributed by atoms with van der Waals surface area (Å²) in [6.07, 6.45) is 6.90. The van der Waals surface area contributed by atoms with Crippen molar-refractivity contribution in [2.24, 2.45) is 0 Å². The Labute approximate surface area is 167 Å². The number of halogens is 1. The van der Waals surface area contributed by atoms with Gasteiger partial charge < -0.3 is 9.88 Å². The summed E-state index contributed by atoms with van der Waals surface area (Å²) in [6.45, 7) is 2.90. The number of hydrogen-bond donors (Lipinski definition) is 1. The second kappa shape index (κ2) is 8.10. The first-order valence-corrected chi connectivity index (χ1v) is 9.23. The molecule has 0 unspecified atom stereocenters. The van der Waals surface area contributed by atoms with Crippen LogP contribution in [0.5, 0.6) is 0 Å². The first-order valence-electron chi connectivity index (χ1n) is 9.23. The molecule has 0 aliphatic carbocycles. The maximum atomic E-state index is 14.0. The van der Waals surface area contributed by atoms with Crippen molar-refractivity contribution in [3.8, 4) is 5.69 Å². The average Bonchev–Trinajstić information content (AvgIpc) is 3.37. The van der Waals surface area contributed by atoms with E-state index in [9.17, 15) is 9.18 Å². The van der Waals surface area contributed by atoms with Crippen LogP contribution in [0.4, 0.5) is 4.39 Å². The fourth-order valence-electron chi connectivity index (χ4n) is 3.13. The van der Waals surface area contributed by atoms with Gasteiger partial charge in [-0.2, -0.15) is 5.10 Å². The zero-order valence-corrected chi connectivity index (χ0v) is 15.9. The Balaban J connectivity index is 1.41. The van der Waals surface area contributed by atoms with Gasteiger partial charge in [0.05, 0.1) is 23.8 Å². The summed E-state index contributed by atoms with van der Waals surface area (Å²) in [7, 11) is 0. The summed E-state index contributed by atoms with van der Waals surface area (Å²) >= 11 is 0. The molecule has 0 radical (unpaired) electrons. The van der Waals surface area contributed by atoms with E-state index in [1.54, 1.807) is 37.6 Å². The molecule has 0 fully saturated rings. The molecule has 29 heavy (non-hydrogen) atoms. The Morgan fingerprint density at radius 3 is 2.59 bits per heavy atom. The van der Waals surface area contributed by atoms with Crippen LogP contribution in [-0.4, -0.2) is 25.2 Å². The standard InChI is InChI=1S/C22H20FN5O/c1-16-19(13-26-28(16)21-5-3-2-4-20(21)23)22(29)25-12-17-6-8-18(9-7-17)14-27-11-10-24-15-27/h2-11,13,15H,12,14H2,1H3,(H,25,29). The van der Waals surface area contributed by atoms with Crippen LogP contribution in [0.15, 0.2) is 73.4 Å². The van der Waals surface area contributed by atoms with Gasteiger partial charge in [0.15, 0.2) is 0 Å². The lowest BCUT2D eigenvalue weighted by atomic mass is 10.1. The Morgan fingerprint density at radius 1 is 1.10 bits per heavy atom. The summed E-state index contributed by atoms with van der Waals surface area (Å²) in [4.78, 5) is 16.6. The van der Waals surface area contributed by atoms with Crippen molar-refractivity contribution < 1.29 is 9.18 Å². The zero-order chi connectivity index (χ0) is 20.2.